The van der Waals surface area contributed by atoms with Crippen LogP contribution in [0.15, 0.2) is 24.3 Å². The number of carbonyl (C=O) groups excluding carboxylic acids is 1. The lowest BCUT2D eigenvalue weighted by Gasteiger charge is -2.22. The first-order valence-corrected chi connectivity index (χ1v) is 6.33. The summed E-state index contributed by atoms with van der Waals surface area (Å²) < 4.78 is 0. The fourth-order valence-corrected chi connectivity index (χ4v) is 1.64. The summed E-state index contributed by atoms with van der Waals surface area (Å²) in [5.74, 6) is -0.182. The number of nitrogens with one attached hydrogen (secondary N) is 1. The Morgan fingerprint density at radius 1 is 1.22 bits per heavy atom. The Morgan fingerprint density at radius 2 is 1.72 bits per heavy atom. The van der Waals surface area contributed by atoms with Crippen LogP contribution in [-0.2, 0) is 4.79 Å². The monoisotopic (exact) mass is 249 g/mol. The predicted octanol–water partition coefficient (Wildman–Crippen LogP) is 2.21. The molecule has 1 amide bonds. The van der Waals surface area contributed by atoms with Crippen LogP contribution in [0.4, 0.5) is 11.4 Å². The minimum absolute atomic E-state index is 0.182. The van der Waals surface area contributed by atoms with Crippen LogP contribution < -0.4 is 16.0 Å². The minimum Gasteiger partial charge on any atom is -0.372 e. The average Bonchev–Trinajstić information content (AvgIpc) is 2.31. The van der Waals surface area contributed by atoms with Crippen LogP contribution in [0.3, 0.4) is 0 Å². The van der Waals surface area contributed by atoms with E-state index in [1.54, 1.807) is 13.8 Å². The molecule has 4 heteroatoms. The van der Waals surface area contributed by atoms with Crippen LogP contribution in [0.25, 0.3) is 0 Å². The number of rotatable bonds is 5. The zero-order valence-electron chi connectivity index (χ0n) is 11.7. The molecule has 1 aromatic rings. The quantitative estimate of drug-likeness (QED) is 0.841. The van der Waals surface area contributed by atoms with Gasteiger partial charge in [-0.3, -0.25) is 4.79 Å². The second-order valence-corrected chi connectivity index (χ2v) is 4.89. The van der Waals surface area contributed by atoms with Gasteiger partial charge in [-0.05, 0) is 52.0 Å². The Hall–Kier alpha value is -1.55. The van der Waals surface area contributed by atoms with Crippen molar-refractivity contribution in [1.29, 1.82) is 0 Å². The maximum absolute atomic E-state index is 11.7. The van der Waals surface area contributed by atoms with E-state index in [9.17, 15) is 4.79 Å². The Balaban J connectivity index is 2.75. The number of nitrogens with two attached hydrogens (primary N) is 1. The second-order valence-electron chi connectivity index (χ2n) is 4.89. The molecule has 0 atom stereocenters. The van der Waals surface area contributed by atoms with E-state index in [4.69, 9.17) is 5.73 Å². The van der Waals surface area contributed by atoms with Crippen molar-refractivity contribution >= 4 is 17.3 Å². The van der Waals surface area contributed by atoms with Gasteiger partial charge in [0.2, 0.25) is 5.91 Å². The number of carbonyl (C=O) groups is 1. The molecule has 0 aliphatic carbocycles. The SMILES string of the molecule is CCN(CC)c1ccc(NC(=O)C(C)(C)N)cc1. The smallest absolute Gasteiger partial charge is 0.243 e. The van der Waals surface area contributed by atoms with Crippen molar-refractivity contribution in [2.75, 3.05) is 23.3 Å². The number of benzene rings is 1. The summed E-state index contributed by atoms with van der Waals surface area (Å²) in [4.78, 5) is 14.0. The van der Waals surface area contributed by atoms with Crippen molar-refractivity contribution in [3.63, 3.8) is 0 Å². The van der Waals surface area contributed by atoms with Crippen molar-refractivity contribution in [3.8, 4) is 0 Å². The first-order chi connectivity index (χ1) is 8.38. The van der Waals surface area contributed by atoms with E-state index in [2.05, 4.69) is 24.1 Å². The van der Waals surface area contributed by atoms with Crippen molar-refractivity contribution in [3.05, 3.63) is 24.3 Å². The second kappa shape index (κ2) is 5.87. The number of nitrogens with zero attached hydrogens (tertiary/aromatic N) is 1. The molecule has 0 saturated heterocycles. The van der Waals surface area contributed by atoms with Gasteiger partial charge in [0.25, 0.3) is 0 Å². The van der Waals surface area contributed by atoms with Gasteiger partial charge in [-0.1, -0.05) is 0 Å². The molecule has 0 aliphatic heterocycles. The van der Waals surface area contributed by atoms with E-state index < -0.39 is 5.54 Å². The van der Waals surface area contributed by atoms with Crippen LogP contribution in [0, 0.1) is 0 Å². The third-order valence-corrected chi connectivity index (χ3v) is 2.84. The lowest BCUT2D eigenvalue weighted by atomic mass is 10.1. The Morgan fingerprint density at radius 3 is 2.11 bits per heavy atom. The zero-order chi connectivity index (χ0) is 13.8. The summed E-state index contributed by atoms with van der Waals surface area (Å²) in [6, 6.07) is 7.81. The maximum Gasteiger partial charge on any atom is 0.243 e. The molecule has 18 heavy (non-hydrogen) atoms. The Bertz CT molecular complexity index is 388. The van der Waals surface area contributed by atoms with E-state index in [0.717, 1.165) is 24.5 Å². The van der Waals surface area contributed by atoms with Crippen molar-refractivity contribution in [2.45, 2.75) is 33.2 Å². The fraction of sp³-hybridized carbons (Fsp3) is 0.500. The van der Waals surface area contributed by atoms with Crippen molar-refractivity contribution < 1.29 is 4.79 Å². The van der Waals surface area contributed by atoms with Gasteiger partial charge in [0.15, 0.2) is 0 Å². The molecule has 3 N–H and O–H groups in total. The molecule has 0 radical (unpaired) electrons. The molecule has 0 unspecified atom stereocenters. The van der Waals surface area contributed by atoms with Crippen LogP contribution in [0.5, 0.6) is 0 Å². The molecule has 0 aromatic heterocycles. The van der Waals surface area contributed by atoms with Gasteiger partial charge in [-0.25, -0.2) is 0 Å². The number of hydrogen-bond donors (Lipinski definition) is 2. The largest absolute Gasteiger partial charge is 0.372 e. The van der Waals surface area contributed by atoms with E-state index in [1.165, 1.54) is 0 Å². The third-order valence-electron chi connectivity index (χ3n) is 2.84. The van der Waals surface area contributed by atoms with Crippen LogP contribution in [-0.4, -0.2) is 24.5 Å². The summed E-state index contributed by atoms with van der Waals surface area (Å²) in [6.45, 7) is 9.56. The Kier molecular flexibility index (Phi) is 4.73. The number of hydrogen-bond acceptors (Lipinski definition) is 3. The van der Waals surface area contributed by atoms with E-state index in [1.807, 2.05) is 24.3 Å². The lowest BCUT2D eigenvalue weighted by molar-refractivity contribution is -0.120. The van der Waals surface area contributed by atoms with Crippen LogP contribution in [0.1, 0.15) is 27.7 Å². The first-order valence-electron chi connectivity index (χ1n) is 6.33. The Labute approximate surface area is 109 Å². The molecular weight excluding hydrogens is 226 g/mol. The van der Waals surface area contributed by atoms with Gasteiger partial charge in [-0.15, -0.1) is 0 Å². The standard InChI is InChI=1S/C14H23N3O/c1-5-17(6-2)12-9-7-11(8-10-12)16-13(18)14(3,4)15/h7-10H,5-6,15H2,1-4H3,(H,16,18). The fourth-order valence-electron chi connectivity index (χ4n) is 1.64. The molecule has 0 bridgehead atoms. The van der Waals surface area contributed by atoms with Gasteiger partial charge >= 0.3 is 0 Å². The third kappa shape index (κ3) is 3.74. The van der Waals surface area contributed by atoms with E-state index in [0.29, 0.717) is 0 Å². The molecule has 100 valence electrons. The summed E-state index contributed by atoms with van der Waals surface area (Å²) in [5, 5.41) is 2.80. The van der Waals surface area contributed by atoms with Gasteiger partial charge in [0.1, 0.15) is 0 Å². The number of anilines is 2. The average molecular weight is 249 g/mol. The van der Waals surface area contributed by atoms with E-state index >= 15 is 0 Å². The van der Waals surface area contributed by atoms with E-state index in [-0.39, 0.29) is 5.91 Å². The van der Waals surface area contributed by atoms with Crippen molar-refractivity contribution in [2.24, 2.45) is 5.73 Å². The van der Waals surface area contributed by atoms with Gasteiger partial charge < -0.3 is 16.0 Å². The predicted molar refractivity (Wildman–Crippen MR) is 76.9 cm³/mol. The molecule has 1 aromatic carbocycles. The maximum atomic E-state index is 11.7. The van der Waals surface area contributed by atoms with Crippen LogP contribution in [0.2, 0.25) is 0 Å². The summed E-state index contributed by atoms with van der Waals surface area (Å²) >= 11 is 0. The summed E-state index contributed by atoms with van der Waals surface area (Å²) in [5.41, 5.74) is 6.79. The summed E-state index contributed by atoms with van der Waals surface area (Å²) in [7, 11) is 0. The molecular formula is C14H23N3O. The molecule has 1 rings (SSSR count). The zero-order valence-corrected chi connectivity index (χ0v) is 11.7. The minimum atomic E-state index is -0.864. The van der Waals surface area contributed by atoms with Crippen molar-refractivity contribution in [1.82, 2.24) is 0 Å². The number of amides is 1. The molecule has 4 nitrogen and oxygen atoms in total. The topological polar surface area (TPSA) is 58.4 Å². The van der Waals surface area contributed by atoms with Crippen LogP contribution >= 0.6 is 0 Å². The summed E-state index contributed by atoms with van der Waals surface area (Å²) in [6.07, 6.45) is 0. The molecule has 0 saturated carbocycles. The van der Waals surface area contributed by atoms with Gasteiger partial charge in [-0.2, -0.15) is 0 Å². The van der Waals surface area contributed by atoms with Gasteiger partial charge in [0.05, 0.1) is 5.54 Å². The highest BCUT2D eigenvalue weighted by atomic mass is 16.2. The molecule has 0 spiro atoms. The first kappa shape index (κ1) is 14.5. The highest BCUT2D eigenvalue weighted by Crippen LogP contribution is 2.18. The highest BCUT2D eigenvalue weighted by Gasteiger charge is 2.21. The lowest BCUT2D eigenvalue weighted by Crippen LogP contribution is -2.45. The van der Waals surface area contributed by atoms with Gasteiger partial charge in [0, 0.05) is 24.5 Å². The molecule has 0 aliphatic rings. The normalized spacial score (nSPS) is 11.2. The highest BCUT2D eigenvalue weighted by molar-refractivity contribution is 5.97. The molecule has 0 fully saturated rings. The molecule has 0 heterocycles.